The molecule has 1 aliphatic carbocycles. The standard InChI is InChI=1S/C19H21N3O/c1-14-10-17(14)19-7-6-16(23-19)12-21-11-15-4-2-3-5-18(15)22-9-8-20-13-22/h2-9,13-14,17,21H,10-12H2,1H3. The summed E-state index contributed by atoms with van der Waals surface area (Å²) in [6.45, 7) is 3.82. The summed E-state index contributed by atoms with van der Waals surface area (Å²) in [7, 11) is 0. The molecule has 0 bridgehead atoms. The molecule has 0 aliphatic heterocycles. The van der Waals surface area contributed by atoms with Crippen LogP contribution in [-0.4, -0.2) is 9.55 Å². The first-order chi connectivity index (χ1) is 11.3. The summed E-state index contributed by atoms with van der Waals surface area (Å²) < 4.78 is 7.98. The van der Waals surface area contributed by atoms with Crippen molar-refractivity contribution in [2.75, 3.05) is 0 Å². The third kappa shape index (κ3) is 3.08. The molecule has 0 radical (unpaired) electrons. The minimum atomic E-state index is 0.644. The van der Waals surface area contributed by atoms with Crippen LogP contribution in [0.25, 0.3) is 5.69 Å². The highest BCUT2D eigenvalue weighted by Gasteiger charge is 2.36. The molecule has 1 aromatic carbocycles. The second-order valence-corrected chi connectivity index (χ2v) is 6.33. The quantitative estimate of drug-likeness (QED) is 0.751. The van der Waals surface area contributed by atoms with Gasteiger partial charge < -0.3 is 14.3 Å². The number of rotatable bonds is 6. The molecular weight excluding hydrogens is 286 g/mol. The average molecular weight is 307 g/mol. The molecule has 4 rings (SSSR count). The van der Waals surface area contributed by atoms with Crippen molar-refractivity contribution in [3.05, 3.63) is 72.2 Å². The Labute approximate surface area is 136 Å². The van der Waals surface area contributed by atoms with Crippen LogP contribution >= 0.6 is 0 Å². The number of aromatic nitrogens is 2. The lowest BCUT2D eigenvalue weighted by Gasteiger charge is -2.10. The van der Waals surface area contributed by atoms with Crippen molar-refractivity contribution in [3.63, 3.8) is 0 Å². The van der Waals surface area contributed by atoms with E-state index in [1.807, 2.05) is 17.1 Å². The van der Waals surface area contributed by atoms with Gasteiger partial charge in [0.2, 0.25) is 0 Å². The first kappa shape index (κ1) is 14.3. The summed E-state index contributed by atoms with van der Waals surface area (Å²) in [6, 6.07) is 12.6. The predicted molar refractivity (Wildman–Crippen MR) is 89.3 cm³/mol. The minimum absolute atomic E-state index is 0.644. The molecule has 0 saturated heterocycles. The van der Waals surface area contributed by atoms with Gasteiger partial charge in [0, 0.05) is 24.9 Å². The van der Waals surface area contributed by atoms with Gasteiger partial charge in [-0.2, -0.15) is 0 Å². The van der Waals surface area contributed by atoms with E-state index >= 15 is 0 Å². The van der Waals surface area contributed by atoms with Crippen molar-refractivity contribution in [1.82, 2.24) is 14.9 Å². The summed E-state index contributed by atoms with van der Waals surface area (Å²) in [6.07, 6.45) is 6.86. The third-order valence-corrected chi connectivity index (χ3v) is 4.55. The van der Waals surface area contributed by atoms with Gasteiger partial charge in [-0.25, -0.2) is 4.98 Å². The summed E-state index contributed by atoms with van der Waals surface area (Å²) in [5.74, 6) is 3.59. The average Bonchev–Trinajstić information content (AvgIpc) is 3.01. The van der Waals surface area contributed by atoms with Crippen LogP contribution in [0.5, 0.6) is 0 Å². The Morgan fingerprint density at radius 2 is 2.09 bits per heavy atom. The Morgan fingerprint density at radius 3 is 2.87 bits per heavy atom. The van der Waals surface area contributed by atoms with Crippen molar-refractivity contribution in [3.8, 4) is 5.69 Å². The van der Waals surface area contributed by atoms with Crippen molar-refractivity contribution in [1.29, 1.82) is 0 Å². The SMILES string of the molecule is CC1CC1c1ccc(CNCc2ccccc2-n2ccnc2)o1. The van der Waals surface area contributed by atoms with E-state index in [-0.39, 0.29) is 0 Å². The first-order valence-corrected chi connectivity index (χ1v) is 8.17. The van der Waals surface area contributed by atoms with Gasteiger partial charge in [0.05, 0.1) is 18.6 Å². The van der Waals surface area contributed by atoms with Gasteiger partial charge in [0.25, 0.3) is 0 Å². The highest BCUT2D eigenvalue weighted by atomic mass is 16.3. The highest BCUT2D eigenvalue weighted by molar-refractivity contribution is 5.40. The van der Waals surface area contributed by atoms with Crippen LogP contribution in [0.3, 0.4) is 0 Å². The maximum Gasteiger partial charge on any atom is 0.117 e. The van der Waals surface area contributed by atoms with Gasteiger partial charge in [-0.05, 0) is 36.1 Å². The number of hydrogen-bond donors (Lipinski definition) is 1. The molecule has 1 saturated carbocycles. The monoisotopic (exact) mass is 307 g/mol. The predicted octanol–water partition coefficient (Wildman–Crippen LogP) is 3.88. The van der Waals surface area contributed by atoms with Gasteiger partial charge in [-0.15, -0.1) is 0 Å². The Bertz CT molecular complexity index is 776. The van der Waals surface area contributed by atoms with E-state index in [2.05, 4.69) is 53.6 Å². The zero-order chi connectivity index (χ0) is 15.6. The Hall–Kier alpha value is -2.33. The molecule has 1 N–H and O–H groups in total. The molecule has 4 nitrogen and oxygen atoms in total. The molecule has 2 heterocycles. The number of nitrogens with one attached hydrogen (secondary N) is 1. The smallest absolute Gasteiger partial charge is 0.117 e. The van der Waals surface area contributed by atoms with Gasteiger partial charge in [0.15, 0.2) is 0 Å². The maximum absolute atomic E-state index is 5.94. The molecule has 23 heavy (non-hydrogen) atoms. The fourth-order valence-corrected chi connectivity index (χ4v) is 3.04. The molecule has 1 fully saturated rings. The molecule has 0 spiro atoms. The summed E-state index contributed by atoms with van der Waals surface area (Å²) in [5.41, 5.74) is 2.40. The van der Waals surface area contributed by atoms with Crippen LogP contribution in [0.1, 0.15) is 36.3 Å². The molecule has 2 aromatic heterocycles. The van der Waals surface area contributed by atoms with Crippen LogP contribution in [0.4, 0.5) is 0 Å². The molecule has 2 atom stereocenters. The van der Waals surface area contributed by atoms with Crippen LogP contribution in [-0.2, 0) is 13.1 Å². The third-order valence-electron chi connectivity index (χ3n) is 4.55. The number of nitrogens with zero attached hydrogens (tertiary/aromatic N) is 2. The van der Waals surface area contributed by atoms with Gasteiger partial charge in [-0.3, -0.25) is 0 Å². The van der Waals surface area contributed by atoms with Crippen molar-refractivity contribution < 1.29 is 4.42 Å². The number of para-hydroxylation sites is 1. The van der Waals surface area contributed by atoms with Crippen LogP contribution in [0, 0.1) is 5.92 Å². The van der Waals surface area contributed by atoms with E-state index in [0.29, 0.717) is 5.92 Å². The van der Waals surface area contributed by atoms with E-state index < -0.39 is 0 Å². The molecular formula is C19H21N3O. The first-order valence-electron chi connectivity index (χ1n) is 8.17. The normalized spacial score (nSPS) is 19.9. The Kier molecular flexibility index (Phi) is 3.75. The highest BCUT2D eigenvalue weighted by Crippen LogP contribution is 2.47. The fraction of sp³-hybridized carbons (Fsp3) is 0.316. The van der Waals surface area contributed by atoms with E-state index in [1.54, 1.807) is 6.20 Å². The number of hydrogen-bond acceptors (Lipinski definition) is 3. The number of benzene rings is 1. The summed E-state index contributed by atoms with van der Waals surface area (Å²) >= 11 is 0. The summed E-state index contributed by atoms with van der Waals surface area (Å²) in [5, 5.41) is 3.48. The van der Waals surface area contributed by atoms with Gasteiger partial charge in [0.1, 0.15) is 11.5 Å². The number of furan rings is 1. The topological polar surface area (TPSA) is 43.0 Å². The Balaban J connectivity index is 1.39. The summed E-state index contributed by atoms with van der Waals surface area (Å²) in [4.78, 5) is 4.13. The fourth-order valence-electron chi connectivity index (χ4n) is 3.04. The lowest BCUT2D eigenvalue weighted by atomic mass is 10.1. The largest absolute Gasteiger partial charge is 0.464 e. The van der Waals surface area contributed by atoms with Crippen molar-refractivity contribution >= 4 is 0 Å². The lowest BCUT2D eigenvalue weighted by molar-refractivity contribution is 0.444. The minimum Gasteiger partial charge on any atom is -0.464 e. The lowest BCUT2D eigenvalue weighted by Crippen LogP contribution is -2.13. The van der Waals surface area contributed by atoms with Crippen molar-refractivity contribution in [2.24, 2.45) is 5.92 Å². The van der Waals surface area contributed by atoms with Crippen molar-refractivity contribution in [2.45, 2.75) is 32.4 Å². The van der Waals surface area contributed by atoms with Crippen LogP contribution in [0.15, 0.2) is 59.5 Å². The Morgan fingerprint density at radius 1 is 1.22 bits per heavy atom. The number of imidazole rings is 1. The van der Waals surface area contributed by atoms with Gasteiger partial charge >= 0.3 is 0 Å². The van der Waals surface area contributed by atoms with Crippen LogP contribution in [0.2, 0.25) is 0 Å². The van der Waals surface area contributed by atoms with E-state index in [0.717, 1.165) is 36.2 Å². The zero-order valence-electron chi connectivity index (χ0n) is 13.3. The molecule has 2 unspecified atom stereocenters. The van der Waals surface area contributed by atoms with Gasteiger partial charge in [-0.1, -0.05) is 25.1 Å². The second-order valence-electron chi connectivity index (χ2n) is 6.33. The van der Waals surface area contributed by atoms with Crippen LogP contribution < -0.4 is 5.32 Å². The van der Waals surface area contributed by atoms with E-state index in [1.165, 1.54) is 12.0 Å². The second kappa shape index (κ2) is 6.05. The molecule has 118 valence electrons. The molecule has 0 amide bonds. The molecule has 3 aromatic rings. The molecule has 4 heteroatoms. The van der Waals surface area contributed by atoms with E-state index in [9.17, 15) is 0 Å². The molecule has 1 aliphatic rings. The maximum atomic E-state index is 5.94. The zero-order valence-corrected chi connectivity index (χ0v) is 13.3. The van der Waals surface area contributed by atoms with E-state index in [4.69, 9.17) is 4.42 Å².